The van der Waals surface area contributed by atoms with Crippen LogP contribution in [-0.2, 0) is 16.1 Å². The molecule has 1 aromatic heterocycles. The van der Waals surface area contributed by atoms with E-state index in [2.05, 4.69) is 22.9 Å². The lowest BCUT2D eigenvalue weighted by Crippen LogP contribution is -2.60. The molecule has 140 valence electrons. The van der Waals surface area contributed by atoms with Crippen LogP contribution in [0, 0.1) is 6.92 Å². The molecular weight excluding hydrogens is 318 g/mol. The summed E-state index contributed by atoms with van der Waals surface area (Å²) in [7, 11) is 3.90. The third-order valence-corrected chi connectivity index (χ3v) is 5.82. The topological polar surface area (TPSA) is 49.2 Å². The van der Waals surface area contributed by atoms with Crippen LogP contribution < -0.4 is 0 Å². The predicted octanol–water partition coefficient (Wildman–Crippen LogP) is 1.73. The number of aryl methyl sites for hydroxylation is 1. The Morgan fingerprint density at radius 3 is 2.80 bits per heavy atom. The SMILES string of the molecule is COCCN1CCC2(CCC1=O)CN(Cc1ccc(C)o1)CCN2C. The first kappa shape index (κ1) is 18.4. The number of likely N-dealkylation sites (tertiary alicyclic amines) is 1. The van der Waals surface area contributed by atoms with Gasteiger partial charge >= 0.3 is 0 Å². The first-order valence-corrected chi connectivity index (χ1v) is 9.28. The van der Waals surface area contributed by atoms with Crippen molar-refractivity contribution in [2.75, 3.05) is 53.5 Å². The van der Waals surface area contributed by atoms with E-state index in [0.717, 1.165) is 57.1 Å². The second-order valence-corrected chi connectivity index (χ2v) is 7.49. The van der Waals surface area contributed by atoms with Gasteiger partial charge in [-0.05, 0) is 38.9 Å². The quantitative estimate of drug-likeness (QED) is 0.810. The monoisotopic (exact) mass is 349 g/mol. The van der Waals surface area contributed by atoms with Crippen molar-refractivity contribution < 1.29 is 13.9 Å². The minimum Gasteiger partial charge on any atom is -0.465 e. The van der Waals surface area contributed by atoms with Crippen LogP contribution in [0.1, 0.15) is 30.8 Å². The van der Waals surface area contributed by atoms with Crippen molar-refractivity contribution in [2.24, 2.45) is 0 Å². The van der Waals surface area contributed by atoms with E-state index in [4.69, 9.17) is 9.15 Å². The van der Waals surface area contributed by atoms with Crippen molar-refractivity contribution in [1.82, 2.24) is 14.7 Å². The van der Waals surface area contributed by atoms with Crippen molar-refractivity contribution in [1.29, 1.82) is 0 Å². The summed E-state index contributed by atoms with van der Waals surface area (Å²) >= 11 is 0. The number of hydrogen-bond acceptors (Lipinski definition) is 5. The van der Waals surface area contributed by atoms with Crippen LogP contribution in [0.2, 0.25) is 0 Å². The standard InChI is InChI=1S/C19H31N3O3/c1-16-4-5-17(25-16)14-21-11-10-20(2)19(15-21)7-6-18(23)22(9-8-19)12-13-24-3/h4-5H,6-15H2,1-3H3. The highest BCUT2D eigenvalue weighted by Gasteiger charge is 2.42. The van der Waals surface area contributed by atoms with Crippen molar-refractivity contribution in [3.63, 3.8) is 0 Å². The molecule has 6 heteroatoms. The molecule has 2 aliphatic rings. The average molecular weight is 349 g/mol. The number of furan rings is 1. The summed E-state index contributed by atoms with van der Waals surface area (Å²) in [5.74, 6) is 2.26. The zero-order valence-electron chi connectivity index (χ0n) is 15.8. The van der Waals surface area contributed by atoms with E-state index < -0.39 is 0 Å². The Hall–Kier alpha value is -1.37. The van der Waals surface area contributed by atoms with Gasteiger partial charge in [0.15, 0.2) is 0 Å². The molecule has 2 fully saturated rings. The number of methoxy groups -OCH3 is 1. The zero-order valence-corrected chi connectivity index (χ0v) is 15.8. The molecule has 25 heavy (non-hydrogen) atoms. The lowest BCUT2D eigenvalue weighted by molar-refractivity contribution is -0.131. The molecule has 1 atom stereocenters. The normalized spacial score (nSPS) is 26.4. The van der Waals surface area contributed by atoms with Crippen molar-refractivity contribution in [2.45, 2.75) is 38.3 Å². The van der Waals surface area contributed by atoms with Crippen LogP contribution in [-0.4, -0.2) is 79.6 Å². The van der Waals surface area contributed by atoms with Gasteiger partial charge < -0.3 is 14.1 Å². The van der Waals surface area contributed by atoms with Crippen LogP contribution in [0.15, 0.2) is 16.5 Å². The molecule has 1 amide bonds. The summed E-state index contributed by atoms with van der Waals surface area (Å²) < 4.78 is 10.9. The Labute approximate surface area is 150 Å². The molecule has 0 aliphatic carbocycles. The van der Waals surface area contributed by atoms with Gasteiger partial charge in [-0.15, -0.1) is 0 Å². The number of nitrogens with zero attached hydrogens (tertiary/aromatic N) is 3. The summed E-state index contributed by atoms with van der Waals surface area (Å²) in [4.78, 5) is 19.4. The molecular formula is C19H31N3O3. The highest BCUT2D eigenvalue weighted by Crippen LogP contribution is 2.32. The number of carbonyl (C=O) groups excluding carboxylic acids is 1. The number of piperazine rings is 1. The maximum Gasteiger partial charge on any atom is 0.222 e. The summed E-state index contributed by atoms with van der Waals surface area (Å²) in [5.41, 5.74) is 0.0807. The summed E-state index contributed by atoms with van der Waals surface area (Å²) in [6.45, 7) is 8.04. The van der Waals surface area contributed by atoms with Crippen LogP contribution in [0.3, 0.4) is 0 Å². The third kappa shape index (κ3) is 4.25. The molecule has 3 heterocycles. The number of ether oxygens (including phenoxy) is 1. The van der Waals surface area contributed by atoms with Gasteiger partial charge in [-0.1, -0.05) is 0 Å². The number of likely N-dealkylation sites (N-methyl/N-ethyl adjacent to an activating group) is 1. The van der Waals surface area contributed by atoms with E-state index in [1.54, 1.807) is 7.11 Å². The predicted molar refractivity (Wildman–Crippen MR) is 96.4 cm³/mol. The molecule has 1 aromatic rings. The highest BCUT2D eigenvalue weighted by atomic mass is 16.5. The van der Waals surface area contributed by atoms with Gasteiger partial charge in [-0.25, -0.2) is 0 Å². The van der Waals surface area contributed by atoms with Crippen LogP contribution >= 0.6 is 0 Å². The molecule has 3 rings (SSSR count). The second-order valence-electron chi connectivity index (χ2n) is 7.49. The second kappa shape index (κ2) is 7.89. The molecule has 2 aliphatic heterocycles. The van der Waals surface area contributed by atoms with Gasteiger partial charge in [0.05, 0.1) is 13.2 Å². The van der Waals surface area contributed by atoms with Crippen molar-refractivity contribution >= 4 is 5.91 Å². The molecule has 1 unspecified atom stereocenters. The smallest absolute Gasteiger partial charge is 0.222 e. The fourth-order valence-electron chi connectivity index (χ4n) is 4.14. The molecule has 0 saturated carbocycles. The van der Waals surface area contributed by atoms with Crippen LogP contribution in [0.4, 0.5) is 0 Å². The summed E-state index contributed by atoms with van der Waals surface area (Å²) in [6.07, 6.45) is 2.58. The maximum absolute atomic E-state index is 12.5. The Balaban J connectivity index is 1.66. The fraction of sp³-hybridized carbons (Fsp3) is 0.737. The lowest BCUT2D eigenvalue weighted by atomic mass is 9.86. The van der Waals surface area contributed by atoms with E-state index in [0.29, 0.717) is 19.6 Å². The van der Waals surface area contributed by atoms with Crippen molar-refractivity contribution in [3.8, 4) is 0 Å². The Kier molecular flexibility index (Phi) is 5.81. The van der Waals surface area contributed by atoms with E-state index in [1.807, 2.05) is 17.9 Å². The molecule has 6 nitrogen and oxygen atoms in total. The van der Waals surface area contributed by atoms with Gasteiger partial charge in [-0.2, -0.15) is 0 Å². The van der Waals surface area contributed by atoms with Crippen LogP contribution in [0.5, 0.6) is 0 Å². The van der Waals surface area contributed by atoms with Gasteiger partial charge in [0, 0.05) is 51.8 Å². The van der Waals surface area contributed by atoms with Gasteiger partial charge in [-0.3, -0.25) is 14.6 Å². The Bertz CT molecular complexity index is 588. The van der Waals surface area contributed by atoms with E-state index in [1.165, 1.54) is 0 Å². The third-order valence-electron chi connectivity index (χ3n) is 5.82. The molecule has 2 saturated heterocycles. The van der Waals surface area contributed by atoms with E-state index >= 15 is 0 Å². The first-order valence-electron chi connectivity index (χ1n) is 9.28. The maximum atomic E-state index is 12.5. The van der Waals surface area contributed by atoms with E-state index in [9.17, 15) is 4.79 Å². The fourth-order valence-corrected chi connectivity index (χ4v) is 4.14. The van der Waals surface area contributed by atoms with Gasteiger partial charge in [0.1, 0.15) is 11.5 Å². The Morgan fingerprint density at radius 2 is 2.08 bits per heavy atom. The Morgan fingerprint density at radius 1 is 1.24 bits per heavy atom. The van der Waals surface area contributed by atoms with Gasteiger partial charge in [0.2, 0.25) is 5.91 Å². The van der Waals surface area contributed by atoms with Gasteiger partial charge in [0.25, 0.3) is 0 Å². The van der Waals surface area contributed by atoms with Crippen LogP contribution in [0.25, 0.3) is 0 Å². The summed E-state index contributed by atoms with van der Waals surface area (Å²) in [6, 6.07) is 4.10. The highest BCUT2D eigenvalue weighted by molar-refractivity contribution is 5.76. The molecule has 0 bridgehead atoms. The minimum atomic E-state index is 0.0807. The zero-order chi connectivity index (χ0) is 17.9. The average Bonchev–Trinajstić information content (AvgIpc) is 2.93. The molecule has 0 N–H and O–H groups in total. The molecule has 0 aromatic carbocycles. The minimum absolute atomic E-state index is 0.0807. The first-order chi connectivity index (χ1) is 12.0. The molecule has 0 radical (unpaired) electrons. The number of amides is 1. The van der Waals surface area contributed by atoms with Crippen molar-refractivity contribution in [3.05, 3.63) is 23.7 Å². The molecule has 1 spiro atoms. The lowest BCUT2D eigenvalue weighted by Gasteiger charge is -2.49. The largest absolute Gasteiger partial charge is 0.465 e. The number of carbonyl (C=O) groups is 1. The van der Waals surface area contributed by atoms with E-state index in [-0.39, 0.29) is 11.4 Å². The summed E-state index contributed by atoms with van der Waals surface area (Å²) in [5, 5.41) is 0. The number of rotatable bonds is 5. The number of hydrogen-bond donors (Lipinski definition) is 0.